The Balaban J connectivity index is 0.000000333. The largest absolute Gasteiger partial charge is 0.265 e. The Morgan fingerprint density at radius 1 is 0.493 bits per heavy atom. The van der Waals surface area contributed by atoms with E-state index in [2.05, 4.69) is 29.4 Å². The van der Waals surface area contributed by atoms with Gasteiger partial charge >= 0.3 is 22.9 Å². The number of aromatic nitrogens is 4. The van der Waals surface area contributed by atoms with Crippen LogP contribution < -0.4 is 9.47 Å². The fourth-order valence-electron chi connectivity index (χ4n) is 5.07. The summed E-state index contributed by atoms with van der Waals surface area (Å²) in [6.45, 7) is 1.08. The zero-order valence-corrected chi connectivity index (χ0v) is 40.7. The number of carbonyl (C=O) groups is 1. The molecule has 0 fully saturated rings. The summed E-state index contributed by atoms with van der Waals surface area (Å²) < 4.78 is 77.6. The quantitative estimate of drug-likeness (QED) is 0.127. The van der Waals surface area contributed by atoms with Crippen molar-refractivity contribution in [2.24, 2.45) is 0 Å². The molecule has 4 heterocycles. The normalized spacial score (nSPS) is 9.82. The fraction of sp³-hybridized carbons (Fsp3) is 0.0625. The number of sulfonamides is 2. The van der Waals surface area contributed by atoms with Crippen LogP contribution >= 0.6 is 0 Å². The van der Waals surface area contributed by atoms with Gasteiger partial charge in [0.05, 0.1) is 35.4 Å². The third-order valence-electron chi connectivity index (χ3n) is 7.97. The van der Waals surface area contributed by atoms with Gasteiger partial charge in [0.25, 0.3) is 5.97 Å². The second kappa shape index (κ2) is 31.3. The number of aliphatic carboxylic acids is 1. The molecule has 0 aliphatic carbocycles. The number of benzene rings is 4. The van der Waals surface area contributed by atoms with Crippen LogP contribution in [0.2, 0.25) is 0 Å². The fourth-order valence-corrected chi connectivity index (χ4v) is 7.08. The number of ether oxygens (including phenoxy) is 2. The number of carboxylic acid groups (broad SMARTS) is 1. The third kappa shape index (κ3) is 20.6. The van der Waals surface area contributed by atoms with Crippen LogP contribution in [0.4, 0.5) is 14.6 Å². The molecule has 14 nitrogen and oxygen atoms in total. The van der Waals surface area contributed by atoms with Crippen LogP contribution in [0.5, 0.6) is 11.5 Å². The molecule has 67 heavy (non-hydrogen) atoms. The maximum atomic E-state index is 12.6. The van der Waals surface area contributed by atoms with Crippen LogP contribution in [0.15, 0.2) is 217 Å². The van der Waals surface area contributed by atoms with Gasteiger partial charge in [0.2, 0.25) is 0 Å². The van der Waals surface area contributed by atoms with Crippen LogP contribution in [-0.2, 0) is 65.0 Å². The average Bonchev–Trinajstić information content (AvgIpc) is 3.37. The number of hydrogen-bond donors (Lipinski definition) is 1. The predicted molar refractivity (Wildman–Crippen MR) is 249 cm³/mol. The van der Waals surface area contributed by atoms with E-state index in [0.29, 0.717) is 45.4 Å². The molecule has 0 aliphatic heterocycles. The van der Waals surface area contributed by atoms with E-state index in [-0.39, 0.29) is 30.2 Å². The molecule has 4 aromatic heterocycles. The van der Waals surface area contributed by atoms with Crippen molar-refractivity contribution >= 4 is 37.4 Å². The van der Waals surface area contributed by atoms with E-state index in [9.17, 15) is 20.1 Å². The minimum Gasteiger partial charge on any atom is -0.265 e. The van der Waals surface area contributed by atoms with Crippen molar-refractivity contribution in [2.75, 3.05) is 14.2 Å². The van der Waals surface area contributed by atoms with Gasteiger partial charge in [-0.25, -0.2) is 16.8 Å². The Morgan fingerprint density at radius 3 is 1.04 bits per heavy atom. The number of carboxylic acids is 1. The molecule has 0 saturated carbocycles. The van der Waals surface area contributed by atoms with Gasteiger partial charge in [-0.1, -0.05) is 72.8 Å². The van der Waals surface area contributed by atoms with Gasteiger partial charge in [-0.3, -0.25) is 24.7 Å². The average molecular weight is 1130 g/mol. The van der Waals surface area contributed by atoms with Gasteiger partial charge in [0.1, 0.15) is 31.5 Å². The summed E-state index contributed by atoms with van der Waals surface area (Å²) in [6.07, 6.45) is 10.3. The van der Waals surface area contributed by atoms with E-state index in [1.807, 2.05) is 72.8 Å². The molecular weight excluding hydrogens is 1080 g/mol. The summed E-state index contributed by atoms with van der Waals surface area (Å²) in [6, 6.07) is 48.7. The minimum absolute atomic E-state index is 0. The molecule has 0 saturated heterocycles. The molecule has 4 aromatic carbocycles. The second-order valence-electron chi connectivity index (χ2n) is 12.5. The summed E-state index contributed by atoms with van der Waals surface area (Å²) in [5.74, 6) is 0.339. The van der Waals surface area contributed by atoms with Gasteiger partial charge in [0, 0.05) is 64.5 Å². The monoisotopic (exact) mass is 1130 g/mol. The van der Waals surface area contributed by atoms with Crippen molar-refractivity contribution in [3.63, 3.8) is 0 Å². The molecule has 0 atom stereocenters. The molecule has 19 heteroatoms. The van der Waals surface area contributed by atoms with Gasteiger partial charge < -0.3 is 24.0 Å². The van der Waals surface area contributed by atoms with E-state index in [1.54, 1.807) is 110 Å². The molecule has 0 unspecified atom stereocenters. The first kappa shape index (κ1) is 56.4. The zero-order valence-electron chi connectivity index (χ0n) is 35.9. The summed E-state index contributed by atoms with van der Waals surface area (Å²) >= 11 is 1.25. The molecule has 8 rings (SSSR count). The molecule has 0 spiro atoms. The van der Waals surface area contributed by atoms with E-state index in [4.69, 9.17) is 19.4 Å². The van der Waals surface area contributed by atoms with Crippen molar-refractivity contribution in [1.82, 2.24) is 19.9 Å². The maximum Gasteiger partial charge on any atom is 0.0267 e. The van der Waals surface area contributed by atoms with Crippen LogP contribution in [0.25, 0.3) is 32.0 Å². The van der Waals surface area contributed by atoms with Gasteiger partial charge in [-0.2, -0.15) is 0 Å². The van der Waals surface area contributed by atoms with Crippen LogP contribution in [0.1, 0.15) is 6.92 Å². The van der Waals surface area contributed by atoms with Crippen molar-refractivity contribution in [3.05, 3.63) is 216 Å². The first-order valence-electron chi connectivity index (χ1n) is 19.2. The van der Waals surface area contributed by atoms with Crippen LogP contribution in [-0.4, -0.2) is 62.1 Å². The Morgan fingerprint density at radius 2 is 0.791 bits per heavy atom. The molecular formula is C48H44FN6O8Pd2S2-. The predicted octanol–water partition coefficient (Wildman–Crippen LogP) is 11.0. The van der Waals surface area contributed by atoms with E-state index >= 15 is 0 Å². The third-order valence-corrected chi connectivity index (χ3v) is 10.6. The molecule has 0 amide bonds. The van der Waals surface area contributed by atoms with E-state index in [1.165, 1.54) is 58.2 Å². The molecule has 8 aromatic rings. The first-order valence-corrected chi connectivity index (χ1v) is 22.7. The van der Waals surface area contributed by atoms with Crippen LogP contribution in [0.3, 0.4) is 0 Å². The molecule has 1 N–H and O–H groups in total. The minimum atomic E-state index is -3.83. The van der Waals surface area contributed by atoms with Crippen molar-refractivity contribution in [3.8, 4) is 34.0 Å². The molecule has 0 aliphatic rings. The zero-order chi connectivity index (χ0) is 48.0. The summed E-state index contributed by atoms with van der Waals surface area (Å²) in [5.41, 5.74) is 3.37. The van der Waals surface area contributed by atoms with Gasteiger partial charge in [-0.05, 0) is 108 Å². The van der Waals surface area contributed by atoms with Crippen LogP contribution in [0, 0.1) is 0 Å². The Kier molecular flexibility index (Phi) is 26.3. The van der Waals surface area contributed by atoms with Crippen molar-refractivity contribution in [2.45, 2.75) is 16.7 Å². The number of nitrogens with zero attached hydrogens (tertiary/aromatic N) is 6. The molecule has 0 radical (unpaired) electrons. The molecule has 0 bridgehead atoms. The first-order chi connectivity index (χ1) is 31.9. The van der Waals surface area contributed by atoms with Crippen molar-refractivity contribution < 1.29 is 79.6 Å². The van der Waals surface area contributed by atoms with Gasteiger partial charge in [0.15, 0.2) is 0 Å². The second-order valence-corrected chi connectivity index (χ2v) is 15.7. The number of rotatable bonds is 10. The van der Waals surface area contributed by atoms with Gasteiger partial charge in [-0.15, -0.1) is 11.4 Å². The number of methoxy groups -OCH3 is 2. The Bertz CT molecular complexity index is 2570. The Labute approximate surface area is 415 Å². The maximum absolute atomic E-state index is 12.6. The van der Waals surface area contributed by atoms with E-state index in [0.717, 1.165) is 6.92 Å². The summed E-state index contributed by atoms with van der Waals surface area (Å²) in [7, 11) is -4.60. The smallest absolute Gasteiger partial charge is 0.0267 e. The Hall–Kier alpha value is -6.70. The number of halogens is 1. The topological polar surface area (TPSA) is 204 Å². The standard InChI is InChI=1S/2C18H15N2O3S.2C5H5N.C2H4O2.FH.2Pd/c2*1-23-14-9-11-15(12-10-14)24(21,22)20-18-8-3-2-6-16(18)17-7-4-5-13-19-17;2*1-2-4-6-5-3-1;1-2(3)4;;;/h2*2-13H,1H3;2*1-5H;1H3,(H,3,4);1H;;/q2*-1;;;;;;+2/p-1. The number of pyridine rings is 4. The molecule has 354 valence electrons. The SMILES string of the molecule is CC(=O)O.COc1ccc(S(=O)(=O)[N-]c2ccccc2-c2ccccn2)cc1.COc1ccc(S(=O)(=O)[N-]c2ccccc2-c2ccccn2)cc1.[F][Pd+].[Pd].c1ccncc1.c1ccncc1. The van der Waals surface area contributed by atoms with Crippen molar-refractivity contribution in [1.29, 1.82) is 0 Å². The summed E-state index contributed by atoms with van der Waals surface area (Å²) in [5, 5.41) is 7.42. The van der Waals surface area contributed by atoms with E-state index < -0.39 is 26.0 Å². The number of hydrogen-bond acceptors (Lipinski definition) is 11. The summed E-state index contributed by atoms with van der Waals surface area (Å²) in [4.78, 5) is 25.3.